The Bertz CT molecular complexity index is 450. The van der Waals surface area contributed by atoms with E-state index in [0.717, 1.165) is 23.6 Å². The molecule has 0 radical (unpaired) electrons. The van der Waals surface area contributed by atoms with Crippen LogP contribution in [0.2, 0.25) is 0 Å². The second kappa shape index (κ2) is 6.61. The van der Waals surface area contributed by atoms with Gasteiger partial charge in [0.25, 0.3) is 0 Å². The molecule has 4 heteroatoms. The molecule has 1 aromatic carbocycles. The number of nitrogens with two attached hydrogens (primary N) is 1. The van der Waals surface area contributed by atoms with Crippen LogP contribution in [0.3, 0.4) is 0 Å². The van der Waals surface area contributed by atoms with Gasteiger partial charge in [-0.1, -0.05) is 19.1 Å². The van der Waals surface area contributed by atoms with Gasteiger partial charge in [0.15, 0.2) is 0 Å². The van der Waals surface area contributed by atoms with Crippen molar-refractivity contribution < 1.29 is 0 Å². The largest absolute Gasteiger partial charge is 0.327 e. The Kier molecular flexibility index (Phi) is 4.84. The van der Waals surface area contributed by atoms with Gasteiger partial charge < -0.3 is 10.3 Å². The van der Waals surface area contributed by atoms with E-state index >= 15 is 0 Å². The van der Waals surface area contributed by atoms with Gasteiger partial charge in [0.05, 0.1) is 6.33 Å². The lowest BCUT2D eigenvalue weighted by Crippen LogP contribution is -2.21. The highest BCUT2D eigenvalue weighted by atomic mass is 32.2. The van der Waals surface area contributed by atoms with Crippen LogP contribution < -0.4 is 5.73 Å². The summed E-state index contributed by atoms with van der Waals surface area (Å²) in [5.74, 6) is 2.05. The van der Waals surface area contributed by atoms with Gasteiger partial charge in [0, 0.05) is 35.6 Å². The second-order valence-corrected chi connectivity index (χ2v) is 5.35. The molecule has 0 aliphatic carbocycles. The van der Waals surface area contributed by atoms with Gasteiger partial charge in [-0.15, -0.1) is 0 Å². The van der Waals surface area contributed by atoms with Crippen LogP contribution in [-0.2, 0) is 5.75 Å². The van der Waals surface area contributed by atoms with E-state index in [0.29, 0.717) is 6.04 Å². The fourth-order valence-corrected chi connectivity index (χ4v) is 2.71. The molecule has 1 unspecified atom stereocenters. The minimum absolute atomic E-state index is 0.320. The molecule has 1 atom stereocenters. The Hall–Kier alpha value is -1.26. The lowest BCUT2D eigenvalue weighted by Gasteiger charge is -2.08. The molecule has 0 aliphatic rings. The lowest BCUT2D eigenvalue weighted by atomic mass is 10.2. The van der Waals surface area contributed by atoms with Crippen LogP contribution in [0.4, 0.5) is 0 Å². The monoisotopic (exact) mass is 261 g/mol. The first-order valence-corrected chi connectivity index (χ1v) is 7.35. The molecule has 2 N–H and O–H groups in total. The van der Waals surface area contributed by atoms with Gasteiger partial charge in [-0.25, -0.2) is 4.98 Å². The number of imidazole rings is 1. The molecule has 2 rings (SSSR count). The first-order valence-electron chi connectivity index (χ1n) is 6.20. The van der Waals surface area contributed by atoms with Gasteiger partial charge in [-0.05, 0) is 24.1 Å². The normalized spacial score (nSPS) is 12.6. The third-order valence-corrected chi connectivity index (χ3v) is 4.07. The summed E-state index contributed by atoms with van der Waals surface area (Å²) in [7, 11) is 0. The van der Waals surface area contributed by atoms with Crippen molar-refractivity contribution in [2.75, 3.05) is 5.75 Å². The van der Waals surface area contributed by atoms with Crippen LogP contribution in [-0.4, -0.2) is 21.3 Å². The third-order valence-electron chi connectivity index (χ3n) is 2.86. The molecule has 0 bridgehead atoms. The molecule has 0 saturated heterocycles. The maximum atomic E-state index is 5.89. The average molecular weight is 261 g/mol. The second-order valence-electron chi connectivity index (χ2n) is 4.32. The molecule has 1 aromatic heterocycles. The number of thioether (sulfide) groups is 1. The summed E-state index contributed by atoms with van der Waals surface area (Å²) < 4.78 is 2.00. The van der Waals surface area contributed by atoms with Crippen molar-refractivity contribution >= 4 is 11.8 Å². The van der Waals surface area contributed by atoms with E-state index in [1.807, 2.05) is 28.9 Å². The van der Waals surface area contributed by atoms with E-state index in [-0.39, 0.29) is 0 Å². The number of benzene rings is 1. The molecule has 1 heterocycles. The molecule has 0 aliphatic heterocycles. The minimum Gasteiger partial charge on any atom is -0.327 e. The maximum absolute atomic E-state index is 5.89. The molecule has 0 saturated carbocycles. The topological polar surface area (TPSA) is 43.8 Å². The van der Waals surface area contributed by atoms with Crippen molar-refractivity contribution in [2.24, 2.45) is 5.73 Å². The Balaban J connectivity index is 1.88. The third kappa shape index (κ3) is 3.62. The average Bonchev–Trinajstić information content (AvgIpc) is 2.93. The molecule has 96 valence electrons. The van der Waals surface area contributed by atoms with Gasteiger partial charge in [-0.3, -0.25) is 0 Å². The Labute approximate surface area is 112 Å². The van der Waals surface area contributed by atoms with Crippen molar-refractivity contribution in [1.82, 2.24) is 9.55 Å². The molecule has 18 heavy (non-hydrogen) atoms. The molecule has 3 nitrogen and oxygen atoms in total. The lowest BCUT2D eigenvalue weighted by molar-refractivity contribution is 0.725. The van der Waals surface area contributed by atoms with Crippen molar-refractivity contribution in [2.45, 2.75) is 25.1 Å². The first kappa shape index (κ1) is 13.2. The summed E-state index contributed by atoms with van der Waals surface area (Å²) in [6, 6.07) is 8.90. The van der Waals surface area contributed by atoms with Gasteiger partial charge in [0.2, 0.25) is 0 Å². The molecule has 2 aromatic rings. The molecular weight excluding hydrogens is 242 g/mol. The molecular formula is C14H19N3S. The zero-order chi connectivity index (χ0) is 12.8. The van der Waals surface area contributed by atoms with Crippen LogP contribution in [0, 0.1) is 0 Å². The maximum Gasteiger partial charge on any atom is 0.0991 e. The number of hydrogen-bond acceptors (Lipinski definition) is 3. The Morgan fingerprint density at radius 1 is 1.33 bits per heavy atom. The van der Waals surface area contributed by atoms with E-state index in [1.54, 1.807) is 6.20 Å². The highest BCUT2D eigenvalue weighted by Gasteiger charge is 2.00. The van der Waals surface area contributed by atoms with Crippen LogP contribution in [0.15, 0.2) is 43.0 Å². The van der Waals surface area contributed by atoms with Gasteiger partial charge in [0.1, 0.15) is 0 Å². The van der Waals surface area contributed by atoms with E-state index in [2.05, 4.69) is 36.2 Å². The molecule has 0 spiro atoms. The van der Waals surface area contributed by atoms with Crippen LogP contribution in [0.25, 0.3) is 5.69 Å². The van der Waals surface area contributed by atoms with E-state index in [4.69, 9.17) is 5.73 Å². The predicted molar refractivity (Wildman–Crippen MR) is 78.0 cm³/mol. The number of hydrogen-bond donors (Lipinski definition) is 1. The number of aromatic nitrogens is 2. The zero-order valence-corrected chi connectivity index (χ0v) is 11.4. The van der Waals surface area contributed by atoms with Crippen molar-refractivity contribution in [3.05, 3.63) is 48.5 Å². The Morgan fingerprint density at radius 3 is 2.72 bits per heavy atom. The van der Waals surface area contributed by atoms with Crippen LogP contribution in [0.1, 0.15) is 18.9 Å². The summed E-state index contributed by atoms with van der Waals surface area (Å²) in [5.41, 5.74) is 8.38. The van der Waals surface area contributed by atoms with E-state index < -0.39 is 0 Å². The Morgan fingerprint density at radius 2 is 2.11 bits per heavy atom. The first-order chi connectivity index (χ1) is 8.79. The predicted octanol–water partition coefficient (Wildman–Crippen LogP) is 2.84. The van der Waals surface area contributed by atoms with Crippen molar-refractivity contribution in [3.8, 4) is 5.69 Å². The standard InChI is InChI=1S/C14H19N3S/c1-2-13(15)10-18-9-12-3-5-14(6-4-12)17-8-7-16-11-17/h3-8,11,13H,2,9-10,15H2,1H3. The van der Waals surface area contributed by atoms with Crippen molar-refractivity contribution in [3.63, 3.8) is 0 Å². The highest BCUT2D eigenvalue weighted by Crippen LogP contribution is 2.16. The van der Waals surface area contributed by atoms with E-state index in [9.17, 15) is 0 Å². The van der Waals surface area contributed by atoms with Gasteiger partial charge in [-0.2, -0.15) is 11.8 Å². The summed E-state index contributed by atoms with van der Waals surface area (Å²) >= 11 is 1.90. The minimum atomic E-state index is 0.320. The zero-order valence-electron chi connectivity index (χ0n) is 10.6. The van der Waals surface area contributed by atoms with Crippen LogP contribution in [0.5, 0.6) is 0 Å². The SMILES string of the molecule is CCC(N)CSCc1ccc(-n2ccnc2)cc1. The fourth-order valence-electron chi connectivity index (χ4n) is 1.62. The van der Waals surface area contributed by atoms with Crippen molar-refractivity contribution in [1.29, 1.82) is 0 Å². The summed E-state index contributed by atoms with van der Waals surface area (Å²) in [4.78, 5) is 4.04. The van der Waals surface area contributed by atoms with Gasteiger partial charge >= 0.3 is 0 Å². The quantitative estimate of drug-likeness (QED) is 0.869. The number of nitrogens with zero attached hydrogens (tertiary/aromatic N) is 2. The highest BCUT2D eigenvalue weighted by molar-refractivity contribution is 7.98. The number of rotatable bonds is 6. The summed E-state index contributed by atoms with van der Waals surface area (Å²) in [6.45, 7) is 2.13. The fraction of sp³-hybridized carbons (Fsp3) is 0.357. The van der Waals surface area contributed by atoms with Crippen LogP contribution >= 0.6 is 11.8 Å². The van der Waals surface area contributed by atoms with E-state index in [1.165, 1.54) is 5.56 Å². The summed E-state index contributed by atoms with van der Waals surface area (Å²) in [5, 5.41) is 0. The molecule has 0 fully saturated rings. The summed E-state index contributed by atoms with van der Waals surface area (Å²) in [6.07, 6.45) is 6.59. The smallest absolute Gasteiger partial charge is 0.0991 e. The molecule has 0 amide bonds.